The van der Waals surface area contributed by atoms with E-state index in [9.17, 15) is 29.7 Å². The predicted octanol–water partition coefficient (Wildman–Crippen LogP) is 4.70. The van der Waals surface area contributed by atoms with Gasteiger partial charge in [0.05, 0.1) is 6.54 Å². The first kappa shape index (κ1) is 28.1. The minimum Gasteiger partial charge on any atom is -0.477 e. The lowest BCUT2D eigenvalue weighted by atomic mass is 10.00. The Balaban J connectivity index is 4.66. The zero-order valence-corrected chi connectivity index (χ0v) is 19.0. The van der Waals surface area contributed by atoms with E-state index in [2.05, 4.69) is 6.58 Å². The summed E-state index contributed by atoms with van der Waals surface area (Å²) in [7, 11) is 0. The zero-order valence-electron chi connectivity index (χ0n) is 19.0. The minimum absolute atomic E-state index is 0.220. The maximum atomic E-state index is 11.7. The number of quaternary nitrogens is 1. The Hall–Kier alpha value is -1.89. The van der Waals surface area contributed by atoms with Crippen LogP contribution in [0.2, 0.25) is 0 Å². The van der Waals surface area contributed by atoms with Crippen molar-refractivity contribution in [3.05, 3.63) is 12.7 Å². The van der Waals surface area contributed by atoms with E-state index in [1.165, 1.54) is 52.9 Å². The topological polar surface area (TPSA) is 112 Å². The van der Waals surface area contributed by atoms with Crippen molar-refractivity contribution in [2.75, 3.05) is 6.54 Å². The van der Waals surface area contributed by atoms with Gasteiger partial charge in [-0.15, -0.1) is 6.58 Å². The summed E-state index contributed by atoms with van der Waals surface area (Å²) in [6.45, 7) is 8.18. The van der Waals surface area contributed by atoms with E-state index in [0.717, 1.165) is 32.1 Å². The molecule has 3 N–H and O–H groups in total. The molecular weight excluding hydrogens is 386 g/mol. The number of aliphatic carboxylic acids is 3. The van der Waals surface area contributed by atoms with Crippen molar-refractivity contribution in [2.24, 2.45) is 0 Å². The van der Waals surface area contributed by atoms with Gasteiger partial charge in [-0.2, -0.15) is 0 Å². The van der Waals surface area contributed by atoms with Gasteiger partial charge in [0, 0.05) is 0 Å². The highest BCUT2D eigenvalue weighted by Crippen LogP contribution is 2.27. The van der Waals surface area contributed by atoms with Gasteiger partial charge in [0.2, 0.25) is 0 Å². The van der Waals surface area contributed by atoms with E-state index in [-0.39, 0.29) is 6.54 Å². The Bertz CT molecular complexity index is 498. The summed E-state index contributed by atoms with van der Waals surface area (Å²) >= 11 is 0. The third kappa shape index (κ3) is 8.86. The average Bonchev–Trinajstić information content (AvgIpc) is 2.70. The molecule has 0 radical (unpaired) electrons. The fraction of sp³-hybridized carbons (Fsp3) is 0.783. The van der Waals surface area contributed by atoms with Crippen LogP contribution in [0.15, 0.2) is 12.7 Å². The molecule has 3 atom stereocenters. The predicted molar refractivity (Wildman–Crippen MR) is 117 cm³/mol. The first-order valence-corrected chi connectivity index (χ1v) is 11.3. The van der Waals surface area contributed by atoms with Crippen LogP contribution < -0.4 is 0 Å². The number of carbonyl (C=O) groups is 3. The van der Waals surface area contributed by atoms with Gasteiger partial charge in [0.15, 0.2) is 18.1 Å². The molecule has 7 heteroatoms. The van der Waals surface area contributed by atoms with Crippen molar-refractivity contribution < 1.29 is 34.2 Å². The molecule has 0 saturated carbocycles. The van der Waals surface area contributed by atoms with E-state index in [1.807, 2.05) is 6.08 Å². The van der Waals surface area contributed by atoms with Crippen LogP contribution in [-0.2, 0) is 14.4 Å². The molecule has 0 aromatic rings. The number of hydrogen-bond donors (Lipinski definition) is 3. The number of carboxylic acids is 3. The molecule has 30 heavy (non-hydrogen) atoms. The molecule has 7 nitrogen and oxygen atoms in total. The minimum atomic E-state index is -1.18. The van der Waals surface area contributed by atoms with Crippen molar-refractivity contribution in [1.82, 2.24) is 0 Å². The number of allylic oxidation sites excluding steroid dienone is 1. The maximum Gasteiger partial charge on any atom is 0.362 e. The third-order valence-electron chi connectivity index (χ3n) is 6.44. The van der Waals surface area contributed by atoms with Crippen LogP contribution in [0.3, 0.4) is 0 Å². The average molecular weight is 429 g/mol. The number of hydrogen-bond acceptors (Lipinski definition) is 3. The SMILES string of the molecule is C=CCCCCCCCCCCCC[N+](C(C)C(=O)O)(C(C)C(=O)O)C(C)C(=O)O. The van der Waals surface area contributed by atoms with E-state index in [4.69, 9.17) is 0 Å². The van der Waals surface area contributed by atoms with Crippen molar-refractivity contribution >= 4 is 17.9 Å². The Morgan fingerprint density at radius 1 is 0.667 bits per heavy atom. The van der Waals surface area contributed by atoms with E-state index in [0.29, 0.717) is 6.42 Å². The molecule has 0 aliphatic heterocycles. The summed E-state index contributed by atoms with van der Waals surface area (Å²) in [6, 6.07) is -3.37. The van der Waals surface area contributed by atoms with Crippen LogP contribution in [0.25, 0.3) is 0 Å². The van der Waals surface area contributed by atoms with Crippen LogP contribution >= 0.6 is 0 Å². The normalized spacial score (nSPS) is 16.2. The number of unbranched alkanes of at least 4 members (excludes halogenated alkanes) is 10. The lowest BCUT2D eigenvalue weighted by molar-refractivity contribution is -0.968. The summed E-state index contributed by atoms with van der Waals surface area (Å²) in [5, 5.41) is 28.7. The summed E-state index contributed by atoms with van der Waals surface area (Å²) in [6.07, 6.45) is 13.9. The molecule has 0 amide bonds. The van der Waals surface area contributed by atoms with E-state index >= 15 is 0 Å². The van der Waals surface area contributed by atoms with Crippen molar-refractivity contribution in [1.29, 1.82) is 0 Å². The number of rotatable bonds is 19. The molecule has 0 fully saturated rings. The molecule has 0 heterocycles. The van der Waals surface area contributed by atoms with Crippen molar-refractivity contribution in [2.45, 2.75) is 110 Å². The second kappa shape index (κ2) is 15.0. The van der Waals surface area contributed by atoms with Gasteiger partial charge >= 0.3 is 17.9 Å². The third-order valence-corrected chi connectivity index (χ3v) is 6.44. The molecule has 0 bridgehead atoms. The molecule has 174 valence electrons. The Morgan fingerprint density at radius 3 is 1.27 bits per heavy atom. The van der Waals surface area contributed by atoms with Crippen LogP contribution in [0, 0.1) is 0 Å². The van der Waals surface area contributed by atoms with Crippen LogP contribution in [-0.4, -0.2) is 62.4 Å². The molecule has 0 aliphatic rings. The smallest absolute Gasteiger partial charge is 0.362 e. The van der Waals surface area contributed by atoms with Gasteiger partial charge in [-0.25, -0.2) is 14.4 Å². The van der Waals surface area contributed by atoms with Gasteiger partial charge in [-0.05, 0) is 46.5 Å². The van der Waals surface area contributed by atoms with Gasteiger partial charge in [-0.1, -0.05) is 51.0 Å². The molecule has 0 aliphatic carbocycles. The second-order valence-electron chi connectivity index (χ2n) is 8.37. The van der Waals surface area contributed by atoms with Gasteiger partial charge < -0.3 is 15.3 Å². The highest BCUT2D eigenvalue weighted by atomic mass is 16.4. The fourth-order valence-corrected chi connectivity index (χ4v) is 4.29. The monoisotopic (exact) mass is 428 g/mol. The standard InChI is InChI=1S/C23H41NO6/c1-5-6-7-8-9-10-11-12-13-14-15-16-17-24(18(2)21(25)26,19(3)22(27)28)20(4)23(29)30/h5,18-20H,1,6-17H2,2-4H3,(H2-,25,26,27,28,29,30)/p+1. The highest BCUT2D eigenvalue weighted by Gasteiger charge is 2.52. The summed E-state index contributed by atoms with van der Waals surface area (Å²) in [5.41, 5.74) is 0. The van der Waals surface area contributed by atoms with Crippen LogP contribution in [0.5, 0.6) is 0 Å². The summed E-state index contributed by atoms with van der Waals surface area (Å²) in [5.74, 6) is -3.53. The molecule has 0 saturated heterocycles. The molecule has 3 unspecified atom stereocenters. The molecule has 0 aromatic carbocycles. The maximum absolute atomic E-state index is 11.7. The first-order valence-electron chi connectivity index (χ1n) is 11.3. The van der Waals surface area contributed by atoms with Crippen molar-refractivity contribution in [3.63, 3.8) is 0 Å². The molecule has 0 spiro atoms. The zero-order chi connectivity index (χ0) is 23.2. The lowest BCUT2D eigenvalue weighted by Gasteiger charge is -2.47. The lowest BCUT2D eigenvalue weighted by Crippen LogP contribution is -2.70. The Labute approximate surface area is 181 Å². The molecular formula is C23H42NO6+. The summed E-state index contributed by atoms with van der Waals surface area (Å²) < 4.78 is -0.481. The highest BCUT2D eigenvalue weighted by molar-refractivity contribution is 5.77. The Morgan fingerprint density at radius 2 is 0.967 bits per heavy atom. The van der Waals surface area contributed by atoms with E-state index < -0.39 is 40.5 Å². The quantitative estimate of drug-likeness (QED) is 0.156. The molecule has 0 rings (SSSR count). The second-order valence-corrected chi connectivity index (χ2v) is 8.37. The number of nitrogens with zero attached hydrogens (tertiary/aromatic N) is 1. The van der Waals surface area contributed by atoms with Gasteiger partial charge in [0.25, 0.3) is 0 Å². The largest absolute Gasteiger partial charge is 0.477 e. The summed E-state index contributed by atoms with van der Waals surface area (Å²) in [4.78, 5) is 35.1. The number of carboxylic acid groups (broad SMARTS) is 3. The fourth-order valence-electron chi connectivity index (χ4n) is 4.29. The van der Waals surface area contributed by atoms with Crippen LogP contribution in [0.1, 0.15) is 91.4 Å². The van der Waals surface area contributed by atoms with Gasteiger partial charge in [-0.3, -0.25) is 4.48 Å². The Kier molecular flexibility index (Phi) is 14.0. The first-order chi connectivity index (χ1) is 14.1. The molecule has 0 aromatic heterocycles. The van der Waals surface area contributed by atoms with Crippen molar-refractivity contribution in [3.8, 4) is 0 Å². The van der Waals surface area contributed by atoms with Gasteiger partial charge in [0.1, 0.15) is 0 Å². The van der Waals surface area contributed by atoms with Crippen LogP contribution in [0.4, 0.5) is 0 Å². The van der Waals surface area contributed by atoms with E-state index in [1.54, 1.807) is 0 Å².